The first-order valence-electron chi connectivity index (χ1n) is 4.78. The van der Waals surface area contributed by atoms with Crippen molar-refractivity contribution in [3.05, 3.63) is 29.7 Å². The predicted molar refractivity (Wildman–Crippen MR) is 56.4 cm³/mol. The van der Waals surface area contributed by atoms with Crippen molar-refractivity contribution < 1.29 is 0 Å². The lowest BCUT2D eigenvalue weighted by atomic mass is 9.95. The fourth-order valence-corrected chi connectivity index (χ4v) is 1.35. The van der Waals surface area contributed by atoms with E-state index >= 15 is 0 Å². The monoisotopic (exact) mass is 200 g/mol. The minimum absolute atomic E-state index is 0.569. The second-order valence-electron chi connectivity index (χ2n) is 4.13. The van der Waals surface area contributed by atoms with Crippen molar-refractivity contribution in [2.75, 3.05) is 0 Å². The third-order valence-corrected chi connectivity index (χ3v) is 2.40. The maximum atomic E-state index is 9.00. The van der Waals surface area contributed by atoms with Crippen molar-refractivity contribution in [1.29, 1.82) is 5.26 Å². The highest BCUT2D eigenvalue weighted by molar-refractivity contribution is 5.46. The van der Waals surface area contributed by atoms with Crippen molar-refractivity contribution in [2.45, 2.75) is 26.2 Å². The van der Waals surface area contributed by atoms with Crippen LogP contribution < -0.4 is 0 Å². The summed E-state index contributed by atoms with van der Waals surface area (Å²) in [6.07, 6.45) is 1.84. The zero-order valence-electron chi connectivity index (χ0n) is 9.02. The lowest BCUT2D eigenvalue weighted by Crippen LogP contribution is -2.16. The molecule has 0 aromatic carbocycles. The second kappa shape index (κ2) is 3.06. The molecule has 0 fully saturated rings. The maximum Gasteiger partial charge on any atom is 0.171 e. The fourth-order valence-electron chi connectivity index (χ4n) is 1.35. The first-order chi connectivity index (χ1) is 7.04. The number of hydrogen-bond acceptors (Lipinski definition) is 3. The third-order valence-electron chi connectivity index (χ3n) is 2.40. The van der Waals surface area contributed by atoms with Crippen LogP contribution >= 0.6 is 0 Å². The van der Waals surface area contributed by atoms with E-state index in [0.29, 0.717) is 5.82 Å². The number of pyridine rings is 1. The summed E-state index contributed by atoms with van der Waals surface area (Å²) in [6, 6.07) is 6.10. The molecule has 0 aliphatic carbocycles. The van der Waals surface area contributed by atoms with E-state index in [0.717, 1.165) is 11.2 Å². The molecule has 0 bridgehead atoms. The summed E-state index contributed by atoms with van der Waals surface area (Å²) in [6.45, 7) is 5.61. The van der Waals surface area contributed by atoms with Gasteiger partial charge in [0.15, 0.2) is 11.5 Å². The first kappa shape index (κ1) is 9.66. The normalized spacial score (nSPS) is 11.6. The lowest BCUT2D eigenvalue weighted by Gasteiger charge is -2.08. The summed E-state index contributed by atoms with van der Waals surface area (Å²) in [5.41, 5.74) is 1.24. The van der Waals surface area contributed by atoms with E-state index in [-0.39, 0.29) is 0 Å². The Bertz CT molecular complexity index is 545. The molecule has 2 rings (SSSR count). The van der Waals surface area contributed by atoms with Gasteiger partial charge in [-0.3, -0.25) is 0 Å². The topological polar surface area (TPSA) is 54.0 Å². The van der Waals surface area contributed by atoms with Crippen LogP contribution in [0.5, 0.6) is 0 Å². The summed E-state index contributed by atoms with van der Waals surface area (Å²) in [5.74, 6) is 0.569. The molecule has 0 spiro atoms. The first-order valence-corrected chi connectivity index (χ1v) is 4.78. The molecule has 0 unspecified atom stereocenters. The molecule has 15 heavy (non-hydrogen) atoms. The Morgan fingerprint density at radius 1 is 1.47 bits per heavy atom. The molecule has 0 radical (unpaired) electrons. The van der Waals surface area contributed by atoms with E-state index in [9.17, 15) is 0 Å². The Morgan fingerprint density at radius 3 is 2.80 bits per heavy atom. The van der Waals surface area contributed by atoms with Gasteiger partial charge in [-0.1, -0.05) is 6.07 Å². The SMILES string of the molecule is Cc1cccn2nc(C(C)(C)C#N)nc12. The number of rotatable bonds is 1. The van der Waals surface area contributed by atoms with E-state index in [1.54, 1.807) is 4.52 Å². The largest absolute Gasteiger partial charge is 0.221 e. The minimum Gasteiger partial charge on any atom is -0.221 e. The summed E-state index contributed by atoms with van der Waals surface area (Å²) < 4.78 is 1.71. The number of nitriles is 1. The highest BCUT2D eigenvalue weighted by atomic mass is 15.3. The quantitative estimate of drug-likeness (QED) is 0.705. The van der Waals surface area contributed by atoms with Crippen LogP contribution in [0.2, 0.25) is 0 Å². The average molecular weight is 200 g/mol. The molecule has 2 aromatic heterocycles. The van der Waals surface area contributed by atoms with Crippen molar-refractivity contribution in [3.63, 3.8) is 0 Å². The molecular formula is C11H12N4. The van der Waals surface area contributed by atoms with Crippen LogP contribution in [-0.2, 0) is 5.41 Å². The molecule has 0 saturated carbocycles. The molecule has 2 heterocycles. The Kier molecular flexibility index (Phi) is 1.97. The van der Waals surface area contributed by atoms with E-state index in [4.69, 9.17) is 5.26 Å². The van der Waals surface area contributed by atoms with Crippen LogP contribution in [0.4, 0.5) is 0 Å². The zero-order valence-corrected chi connectivity index (χ0v) is 9.02. The third kappa shape index (κ3) is 1.46. The summed E-state index contributed by atoms with van der Waals surface area (Å²) >= 11 is 0. The van der Waals surface area contributed by atoms with Gasteiger partial charge >= 0.3 is 0 Å². The molecule has 4 heteroatoms. The highest BCUT2D eigenvalue weighted by Crippen LogP contribution is 2.19. The molecule has 0 saturated heterocycles. The Labute approximate surface area is 88.2 Å². The van der Waals surface area contributed by atoms with Gasteiger partial charge in [-0.25, -0.2) is 9.50 Å². The molecule has 0 aliphatic heterocycles. The van der Waals surface area contributed by atoms with Crippen LogP contribution in [0.15, 0.2) is 18.3 Å². The van der Waals surface area contributed by atoms with Gasteiger partial charge in [-0.2, -0.15) is 5.26 Å². The lowest BCUT2D eigenvalue weighted by molar-refractivity contribution is 0.628. The van der Waals surface area contributed by atoms with Gasteiger partial charge in [0.1, 0.15) is 5.41 Å². The number of hydrogen-bond donors (Lipinski definition) is 0. The van der Waals surface area contributed by atoms with Gasteiger partial charge < -0.3 is 0 Å². The average Bonchev–Trinajstić information content (AvgIpc) is 2.64. The number of aromatic nitrogens is 3. The van der Waals surface area contributed by atoms with E-state index < -0.39 is 5.41 Å². The zero-order chi connectivity index (χ0) is 11.1. The molecule has 0 atom stereocenters. The van der Waals surface area contributed by atoms with Gasteiger partial charge in [-0.15, -0.1) is 5.10 Å². The highest BCUT2D eigenvalue weighted by Gasteiger charge is 2.25. The summed E-state index contributed by atoms with van der Waals surface area (Å²) in [5, 5.41) is 13.3. The van der Waals surface area contributed by atoms with Crippen LogP contribution in [0, 0.1) is 18.3 Å². The van der Waals surface area contributed by atoms with Crippen LogP contribution in [0.3, 0.4) is 0 Å². The van der Waals surface area contributed by atoms with Crippen molar-refractivity contribution >= 4 is 5.65 Å². The molecule has 0 aliphatic rings. The second-order valence-corrected chi connectivity index (χ2v) is 4.13. The Morgan fingerprint density at radius 2 is 2.20 bits per heavy atom. The molecular weight excluding hydrogens is 188 g/mol. The van der Waals surface area contributed by atoms with Crippen molar-refractivity contribution in [3.8, 4) is 6.07 Å². The minimum atomic E-state index is -0.640. The van der Waals surface area contributed by atoms with Gasteiger partial charge in [0.2, 0.25) is 0 Å². The van der Waals surface area contributed by atoms with Crippen molar-refractivity contribution in [2.24, 2.45) is 0 Å². The summed E-state index contributed by atoms with van der Waals surface area (Å²) in [4.78, 5) is 4.38. The van der Waals surface area contributed by atoms with Crippen LogP contribution in [0.25, 0.3) is 5.65 Å². The van der Waals surface area contributed by atoms with Crippen LogP contribution in [0.1, 0.15) is 25.2 Å². The number of nitrogens with zero attached hydrogens (tertiary/aromatic N) is 4. The number of fused-ring (bicyclic) bond motifs is 1. The van der Waals surface area contributed by atoms with Gasteiger partial charge in [-0.05, 0) is 32.4 Å². The fraction of sp³-hybridized carbons (Fsp3) is 0.364. The van der Waals surface area contributed by atoms with Gasteiger partial charge in [0, 0.05) is 6.20 Å². The smallest absolute Gasteiger partial charge is 0.171 e. The van der Waals surface area contributed by atoms with Crippen molar-refractivity contribution in [1.82, 2.24) is 14.6 Å². The molecule has 76 valence electrons. The maximum absolute atomic E-state index is 9.00. The van der Waals surface area contributed by atoms with Gasteiger partial charge in [0.25, 0.3) is 0 Å². The molecule has 0 amide bonds. The summed E-state index contributed by atoms with van der Waals surface area (Å²) in [7, 11) is 0. The Balaban J connectivity index is 2.68. The van der Waals surface area contributed by atoms with E-state index in [2.05, 4.69) is 16.2 Å². The molecule has 0 N–H and O–H groups in total. The molecule has 4 nitrogen and oxygen atoms in total. The standard InChI is InChI=1S/C11H12N4/c1-8-5-4-6-15-9(8)13-10(14-15)11(2,3)7-12/h4-6H,1-3H3. The van der Waals surface area contributed by atoms with E-state index in [1.165, 1.54) is 0 Å². The van der Waals surface area contributed by atoms with E-state index in [1.807, 2.05) is 39.1 Å². The molecule has 2 aromatic rings. The van der Waals surface area contributed by atoms with Crippen LogP contribution in [-0.4, -0.2) is 14.6 Å². The Hall–Kier alpha value is -1.89. The number of aryl methyl sites for hydroxylation is 1. The van der Waals surface area contributed by atoms with Gasteiger partial charge in [0.05, 0.1) is 6.07 Å². The predicted octanol–water partition coefficient (Wildman–Crippen LogP) is 1.84.